The van der Waals surface area contributed by atoms with E-state index in [1.807, 2.05) is 0 Å². The zero-order valence-corrected chi connectivity index (χ0v) is 7.52. The summed E-state index contributed by atoms with van der Waals surface area (Å²) in [5, 5.41) is 9.99. The van der Waals surface area contributed by atoms with E-state index in [0.29, 0.717) is 5.39 Å². The Labute approximate surface area is 83.9 Å². The number of ether oxygens (including phenoxy) is 1. The number of nitrogens with zero attached hydrogens (tertiary/aromatic N) is 1. The number of benzene rings is 1. The first-order chi connectivity index (χ1) is 7.18. The molecule has 0 saturated carbocycles. The van der Waals surface area contributed by atoms with Crippen molar-refractivity contribution in [2.24, 2.45) is 0 Å². The molecule has 1 aromatic heterocycles. The first-order valence-electron chi connectivity index (χ1n) is 4.20. The number of hydrogen-bond acceptors (Lipinski definition) is 3. The quantitative estimate of drug-likeness (QED) is 0.829. The van der Waals surface area contributed by atoms with Crippen LogP contribution in [0.3, 0.4) is 0 Å². The molecule has 78 valence electrons. The highest BCUT2D eigenvalue weighted by Crippen LogP contribution is 2.34. The van der Waals surface area contributed by atoms with Gasteiger partial charge in [0.1, 0.15) is 5.52 Å². The van der Waals surface area contributed by atoms with Crippen molar-refractivity contribution in [1.29, 1.82) is 0 Å². The van der Waals surface area contributed by atoms with Gasteiger partial charge in [0.15, 0.2) is 11.5 Å². The number of fused-ring (bicyclic) bond motifs is 1. The third kappa shape index (κ3) is 1.81. The van der Waals surface area contributed by atoms with Crippen molar-refractivity contribution in [3.63, 3.8) is 0 Å². The van der Waals surface area contributed by atoms with Crippen LogP contribution in [0.1, 0.15) is 0 Å². The highest BCUT2D eigenvalue weighted by molar-refractivity contribution is 5.86. The van der Waals surface area contributed by atoms with E-state index in [-0.39, 0.29) is 17.0 Å². The number of aromatic hydroxyl groups is 1. The average Bonchev–Trinajstić information content (AvgIpc) is 2.22. The summed E-state index contributed by atoms with van der Waals surface area (Å²) in [6, 6.07) is 6.24. The smallest absolute Gasteiger partial charge is 0.387 e. The first-order valence-corrected chi connectivity index (χ1v) is 4.20. The molecule has 1 N–H and O–H groups in total. The van der Waals surface area contributed by atoms with Gasteiger partial charge in [-0.15, -0.1) is 0 Å². The molecule has 0 bridgehead atoms. The molecule has 1 heterocycles. The van der Waals surface area contributed by atoms with Gasteiger partial charge in [-0.2, -0.15) is 8.78 Å². The van der Waals surface area contributed by atoms with Gasteiger partial charge in [-0.25, -0.2) is 0 Å². The van der Waals surface area contributed by atoms with Gasteiger partial charge in [-0.05, 0) is 18.2 Å². The molecule has 0 aliphatic heterocycles. The molecule has 2 aromatic rings. The first kappa shape index (κ1) is 9.64. The standard InChI is InChI=1S/C10H7F2NO2/c11-10(12)15-9-7(14)4-3-6-2-1-5-13-8(6)9/h1-5,10,14H. The summed E-state index contributed by atoms with van der Waals surface area (Å²) in [7, 11) is 0. The molecular formula is C10H7F2NO2. The highest BCUT2D eigenvalue weighted by atomic mass is 19.3. The third-order valence-electron chi connectivity index (χ3n) is 1.91. The van der Waals surface area contributed by atoms with Crippen molar-refractivity contribution < 1.29 is 18.6 Å². The van der Waals surface area contributed by atoms with Crippen LogP contribution in [-0.2, 0) is 0 Å². The van der Waals surface area contributed by atoms with E-state index in [9.17, 15) is 13.9 Å². The Kier molecular flexibility index (Phi) is 2.37. The van der Waals surface area contributed by atoms with Crippen molar-refractivity contribution in [1.82, 2.24) is 4.98 Å². The summed E-state index contributed by atoms with van der Waals surface area (Å²) in [6.45, 7) is -2.98. The van der Waals surface area contributed by atoms with Gasteiger partial charge in [-0.3, -0.25) is 4.98 Å². The number of aromatic nitrogens is 1. The number of pyridine rings is 1. The maximum absolute atomic E-state index is 12.1. The van der Waals surface area contributed by atoms with Crippen LogP contribution in [0, 0.1) is 0 Å². The lowest BCUT2D eigenvalue weighted by Gasteiger charge is -2.08. The van der Waals surface area contributed by atoms with Crippen LogP contribution in [0.25, 0.3) is 10.9 Å². The summed E-state index contributed by atoms with van der Waals surface area (Å²) in [6.07, 6.45) is 1.44. The summed E-state index contributed by atoms with van der Waals surface area (Å²) in [4.78, 5) is 3.88. The van der Waals surface area contributed by atoms with Crippen LogP contribution in [0.5, 0.6) is 11.5 Å². The zero-order valence-electron chi connectivity index (χ0n) is 7.52. The van der Waals surface area contributed by atoms with Gasteiger partial charge < -0.3 is 9.84 Å². The van der Waals surface area contributed by atoms with Crippen LogP contribution in [0.2, 0.25) is 0 Å². The van der Waals surface area contributed by atoms with Gasteiger partial charge >= 0.3 is 6.61 Å². The Morgan fingerprint density at radius 1 is 1.27 bits per heavy atom. The van der Waals surface area contributed by atoms with Crippen molar-refractivity contribution in [3.05, 3.63) is 30.5 Å². The molecule has 0 aliphatic carbocycles. The van der Waals surface area contributed by atoms with E-state index >= 15 is 0 Å². The van der Waals surface area contributed by atoms with Gasteiger partial charge in [0.05, 0.1) is 0 Å². The molecule has 1 aromatic carbocycles. The van der Waals surface area contributed by atoms with E-state index < -0.39 is 6.61 Å². The fourth-order valence-corrected chi connectivity index (χ4v) is 1.31. The SMILES string of the molecule is Oc1ccc2cccnc2c1OC(F)F. The second kappa shape index (κ2) is 3.68. The molecule has 0 saturated heterocycles. The summed E-state index contributed by atoms with van der Waals surface area (Å²) < 4.78 is 28.3. The molecular weight excluding hydrogens is 204 g/mol. The predicted molar refractivity (Wildman–Crippen MR) is 50.0 cm³/mol. The van der Waals surface area contributed by atoms with Crippen molar-refractivity contribution in [2.75, 3.05) is 0 Å². The van der Waals surface area contributed by atoms with E-state index in [1.54, 1.807) is 18.2 Å². The van der Waals surface area contributed by atoms with Crippen LogP contribution in [0.15, 0.2) is 30.5 Å². The van der Waals surface area contributed by atoms with Crippen LogP contribution in [0.4, 0.5) is 8.78 Å². The second-order valence-electron chi connectivity index (χ2n) is 2.87. The Bertz CT molecular complexity index is 488. The number of hydrogen-bond donors (Lipinski definition) is 1. The number of rotatable bonds is 2. The monoisotopic (exact) mass is 211 g/mol. The maximum Gasteiger partial charge on any atom is 0.387 e. The maximum atomic E-state index is 12.1. The second-order valence-corrected chi connectivity index (χ2v) is 2.87. The lowest BCUT2D eigenvalue weighted by molar-refractivity contribution is -0.0502. The molecule has 3 nitrogen and oxygen atoms in total. The largest absolute Gasteiger partial charge is 0.504 e. The topological polar surface area (TPSA) is 42.4 Å². The van der Waals surface area contributed by atoms with Crippen LogP contribution >= 0.6 is 0 Å². The molecule has 0 atom stereocenters. The third-order valence-corrected chi connectivity index (χ3v) is 1.91. The van der Waals surface area contributed by atoms with E-state index in [0.717, 1.165) is 0 Å². The minimum atomic E-state index is -2.98. The number of phenols is 1. The molecule has 0 unspecified atom stereocenters. The lowest BCUT2D eigenvalue weighted by Crippen LogP contribution is -2.03. The minimum Gasteiger partial charge on any atom is -0.504 e. The minimum absolute atomic E-state index is 0.220. The molecule has 5 heteroatoms. The number of halogens is 2. The molecule has 0 aliphatic rings. The van der Waals surface area contributed by atoms with Gasteiger partial charge in [0.25, 0.3) is 0 Å². The van der Waals surface area contributed by atoms with Crippen LogP contribution < -0.4 is 4.74 Å². The lowest BCUT2D eigenvalue weighted by atomic mass is 10.2. The Balaban J connectivity index is 2.63. The molecule has 0 spiro atoms. The van der Waals surface area contributed by atoms with E-state index in [1.165, 1.54) is 12.3 Å². The van der Waals surface area contributed by atoms with Gasteiger partial charge in [-0.1, -0.05) is 6.07 Å². The Morgan fingerprint density at radius 3 is 2.80 bits per heavy atom. The summed E-state index contributed by atoms with van der Waals surface area (Å²) in [5.74, 6) is -0.635. The zero-order chi connectivity index (χ0) is 10.8. The molecule has 2 rings (SSSR count). The van der Waals surface area contributed by atoms with Crippen molar-refractivity contribution in [3.8, 4) is 11.5 Å². The van der Waals surface area contributed by atoms with Gasteiger partial charge in [0.2, 0.25) is 0 Å². The number of phenolic OH excluding ortho intramolecular Hbond substituents is 1. The van der Waals surface area contributed by atoms with E-state index in [4.69, 9.17) is 0 Å². The molecule has 15 heavy (non-hydrogen) atoms. The Hall–Kier alpha value is -1.91. The average molecular weight is 211 g/mol. The normalized spacial score (nSPS) is 10.9. The predicted octanol–water partition coefficient (Wildman–Crippen LogP) is 2.54. The van der Waals surface area contributed by atoms with Crippen LogP contribution in [-0.4, -0.2) is 16.7 Å². The summed E-state index contributed by atoms with van der Waals surface area (Å²) in [5.41, 5.74) is 0.220. The van der Waals surface area contributed by atoms with Gasteiger partial charge in [0, 0.05) is 11.6 Å². The number of alkyl halides is 2. The fraction of sp³-hybridized carbons (Fsp3) is 0.100. The fourth-order valence-electron chi connectivity index (χ4n) is 1.31. The van der Waals surface area contributed by atoms with E-state index in [2.05, 4.69) is 9.72 Å². The molecule has 0 amide bonds. The Morgan fingerprint density at radius 2 is 2.07 bits per heavy atom. The molecule has 0 radical (unpaired) electrons. The van der Waals surface area contributed by atoms with Crippen molar-refractivity contribution >= 4 is 10.9 Å². The molecule has 0 fully saturated rings. The highest BCUT2D eigenvalue weighted by Gasteiger charge is 2.13. The van der Waals surface area contributed by atoms with Crippen molar-refractivity contribution in [2.45, 2.75) is 6.61 Å². The summed E-state index contributed by atoms with van der Waals surface area (Å²) >= 11 is 0.